The molecule has 232 valence electrons. The van der Waals surface area contributed by atoms with E-state index in [0.717, 1.165) is 33.9 Å². The van der Waals surface area contributed by atoms with Crippen molar-refractivity contribution in [2.45, 2.75) is 58.3 Å². The fourth-order valence-corrected chi connectivity index (χ4v) is 6.58. The van der Waals surface area contributed by atoms with Crippen LogP contribution in [-0.2, 0) is 25.0 Å². The minimum absolute atomic E-state index is 0.0261. The Morgan fingerprint density at radius 3 is 2.18 bits per heavy atom. The van der Waals surface area contributed by atoms with E-state index in [2.05, 4.69) is 30.6 Å². The average molecular weight is 620 g/mol. The van der Waals surface area contributed by atoms with Crippen LogP contribution in [0.4, 0.5) is 11.4 Å². The molecule has 0 unspecified atom stereocenters. The summed E-state index contributed by atoms with van der Waals surface area (Å²) in [6, 6.07) is 10.8. The first-order valence-electron chi connectivity index (χ1n) is 14.4. The van der Waals surface area contributed by atoms with Crippen molar-refractivity contribution in [1.29, 1.82) is 0 Å². The van der Waals surface area contributed by atoms with Crippen LogP contribution in [0.15, 0.2) is 84.6 Å². The number of carboxylic acids is 2. The molecule has 2 aliphatic heterocycles. The number of rotatable bonds is 11. The molecule has 2 aromatic carbocycles. The van der Waals surface area contributed by atoms with Crippen molar-refractivity contribution in [2.24, 2.45) is 0 Å². The highest BCUT2D eigenvalue weighted by Gasteiger charge is 2.44. The van der Waals surface area contributed by atoms with E-state index in [9.17, 15) is 34.2 Å². The summed E-state index contributed by atoms with van der Waals surface area (Å²) in [5.74, 6) is -1.78. The number of carbonyl (C=O) groups is 2. The van der Waals surface area contributed by atoms with Gasteiger partial charge in [0.2, 0.25) is 5.69 Å². The number of hydrogen-bond donors (Lipinski definition) is 4. The number of benzene rings is 2. The van der Waals surface area contributed by atoms with E-state index in [1.165, 1.54) is 17.7 Å². The standard InChI is InChI=1S/C34H39N2O7P/c1-23-13-15-27-25(21-23)33(2,3)29(35(27)19-17-31(37)38)11-9-7-6-8-10-12-30-34(4,5)26-22-24(44(41,42)43)14-16-28(26)36(30)20-18-32(39)40/h6-16,21-22H,17-20H2,1-5H3,(H3-,37,38,39,40,41,42,43)/p+1. The maximum atomic E-state index is 11.9. The smallest absolute Gasteiger partial charge is 0.356 e. The quantitative estimate of drug-likeness (QED) is 0.148. The number of allylic oxidation sites excluding steroid dienone is 8. The largest absolute Gasteiger partial charge is 0.481 e. The highest BCUT2D eigenvalue weighted by molar-refractivity contribution is 7.60. The Morgan fingerprint density at radius 1 is 0.864 bits per heavy atom. The van der Waals surface area contributed by atoms with Gasteiger partial charge in [-0.05, 0) is 56.7 Å². The third-order valence-corrected chi connectivity index (χ3v) is 9.26. The molecule has 2 heterocycles. The summed E-state index contributed by atoms with van der Waals surface area (Å²) in [6.07, 6.45) is 13.3. The minimum Gasteiger partial charge on any atom is -0.481 e. The number of carboxylic acid groups (broad SMARTS) is 2. The predicted octanol–water partition coefficient (Wildman–Crippen LogP) is 5.47. The second-order valence-corrected chi connectivity index (χ2v) is 13.8. The van der Waals surface area contributed by atoms with E-state index in [1.807, 2.05) is 74.3 Å². The third-order valence-electron chi connectivity index (χ3n) is 8.31. The Labute approximate surface area is 258 Å². The molecule has 0 bridgehead atoms. The first-order chi connectivity index (χ1) is 20.5. The van der Waals surface area contributed by atoms with Crippen LogP contribution in [0.1, 0.15) is 57.2 Å². The Bertz CT molecular complexity index is 1690. The molecule has 2 aliphatic rings. The molecule has 0 fully saturated rings. The van der Waals surface area contributed by atoms with E-state index >= 15 is 0 Å². The second kappa shape index (κ2) is 12.5. The molecule has 9 nitrogen and oxygen atoms in total. The van der Waals surface area contributed by atoms with Gasteiger partial charge in [0, 0.05) is 41.1 Å². The van der Waals surface area contributed by atoms with Crippen LogP contribution >= 0.6 is 7.60 Å². The molecule has 4 rings (SSSR count). The zero-order valence-corrected chi connectivity index (χ0v) is 26.6. The highest BCUT2D eigenvalue weighted by Crippen LogP contribution is 2.49. The van der Waals surface area contributed by atoms with Gasteiger partial charge in [0.05, 0.1) is 17.1 Å². The lowest BCUT2D eigenvalue weighted by Gasteiger charge is -2.26. The molecule has 2 aromatic rings. The Kier molecular flexibility index (Phi) is 9.35. The number of nitrogens with zero attached hydrogens (tertiary/aromatic N) is 2. The average Bonchev–Trinajstić information content (AvgIpc) is 3.27. The zero-order chi connectivity index (χ0) is 32.4. The van der Waals surface area contributed by atoms with Crippen molar-refractivity contribution in [2.75, 3.05) is 18.0 Å². The molecule has 0 radical (unpaired) electrons. The molecular formula is C34H40N2O7P+. The summed E-state index contributed by atoms with van der Waals surface area (Å²) in [5.41, 5.74) is 5.71. The Hall–Kier alpha value is -4.04. The van der Waals surface area contributed by atoms with Crippen molar-refractivity contribution in [3.8, 4) is 0 Å². The number of aryl methyl sites for hydroxylation is 1. The van der Waals surface area contributed by atoms with Crippen LogP contribution in [-0.4, -0.2) is 55.3 Å². The van der Waals surface area contributed by atoms with Gasteiger partial charge in [0.1, 0.15) is 6.42 Å². The monoisotopic (exact) mass is 619 g/mol. The molecule has 0 saturated heterocycles. The lowest BCUT2D eigenvalue weighted by Crippen LogP contribution is -2.28. The van der Waals surface area contributed by atoms with Gasteiger partial charge in [-0.2, -0.15) is 4.58 Å². The maximum Gasteiger partial charge on any atom is 0.356 e. The number of aliphatic carboxylic acids is 2. The van der Waals surface area contributed by atoms with Crippen LogP contribution < -0.4 is 10.2 Å². The van der Waals surface area contributed by atoms with E-state index in [4.69, 9.17) is 0 Å². The van der Waals surface area contributed by atoms with E-state index in [-0.39, 0.29) is 30.1 Å². The summed E-state index contributed by atoms with van der Waals surface area (Å²) >= 11 is 0. The highest BCUT2D eigenvalue weighted by atomic mass is 31.2. The number of hydrogen-bond acceptors (Lipinski definition) is 4. The van der Waals surface area contributed by atoms with E-state index in [0.29, 0.717) is 6.54 Å². The van der Waals surface area contributed by atoms with Crippen LogP contribution in [0.25, 0.3) is 0 Å². The van der Waals surface area contributed by atoms with Crippen molar-refractivity contribution in [1.82, 2.24) is 0 Å². The molecule has 0 saturated carbocycles. The molecule has 44 heavy (non-hydrogen) atoms. The second-order valence-electron chi connectivity index (χ2n) is 12.2. The normalized spacial score (nSPS) is 18.2. The van der Waals surface area contributed by atoms with Gasteiger partial charge in [-0.1, -0.05) is 55.9 Å². The Morgan fingerprint density at radius 2 is 1.52 bits per heavy atom. The van der Waals surface area contributed by atoms with E-state index in [1.54, 1.807) is 6.07 Å². The summed E-state index contributed by atoms with van der Waals surface area (Å²) in [7, 11) is -4.45. The van der Waals surface area contributed by atoms with Crippen molar-refractivity contribution in [3.63, 3.8) is 0 Å². The van der Waals surface area contributed by atoms with Crippen molar-refractivity contribution in [3.05, 3.63) is 101 Å². The Balaban J connectivity index is 1.58. The summed E-state index contributed by atoms with van der Waals surface area (Å²) in [5, 5.41) is 18.6. The maximum absolute atomic E-state index is 11.9. The van der Waals surface area contributed by atoms with Crippen LogP contribution in [0.5, 0.6) is 0 Å². The van der Waals surface area contributed by atoms with Crippen LogP contribution in [0.2, 0.25) is 0 Å². The van der Waals surface area contributed by atoms with Gasteiger partial charge in [-0.15, -0.1) is 0 Å². The lowest BCUT2D eigenvalue weighted by atomic mass is 9.81. The van der Waals surface area contributed by atoms with Crippen molar-refractivity contribution < 1.29 is 38.7 Å². The molecule has 4 N–H and O–H groups in total. The third kappa shape index (κ3) is 6.70. The molecule has 0 atom stereocenters. The predicted molar refractivity (Wildman–Crippen MR) is 173 cm³/mol. The van der Waals surface area contributed by atoms with Gasteiger partial charge in [0.15, 0.2) is 12.3 Å². The van der Waals surface area contributed by atoms with Gasteiger partial charge in [-0.3, -0.25) is 14.2 Å². The fraction of sp³-hybridized carbons (Fsp3) is 0.324. The fourth-order valence-electron chi connectivity index (χ4n) is 6.02. The SMILES string of the molecule is Cc1ccc2c(c1)C(C)(C)C(/C=C/C=C/C=C/C=C1/N(CCC(=O)O)c3ccc(P(=O)(O)O)cc3C1(C)C)=[N+]2CCC(=O)O. The van der Waals surface area contributed by atoms with Crippen LogP contribution in [0.3, 0.4) is 0 Å². The van der Waals surface area contributed by atoms with Crippen LogP contribution in [0, 0.1) is 6.92 Å². The molecule has 0 amide bonds. The van der Waals surface area contributed by atoms with Gasteiger partial charge >= 0.3 is 19.5 Å². The lowest BCUT2D eigenvalue weighted by molar-refractivity contribution is -0.436. The molecule has 10 heteroatoms. The number of anilines is 1. The number of fused-ring (bicyclic) bond motifs is 2. The summed E-state index contributed by atoms with van der Waals surface area (Å²) in [4.78, 5) is 44.0. The molecule has 0 spiro atoms. The zero-order valence-electron chi connectivity index (χ0n) is 25.7. The van der Waals surface area contributed by atoms with Crippen molar-refractivity contribution >= 4 is 41.9 Å². The van der Waals surface area contributed by atoms with Gasteiger partial charge < -0.3 is 24.9 Å². The summed E-state index contributed by atoms with van der Waals surface area (Å²) in [6.45, 7) is 10.8. The molecule has 0 aliphatic carbocycles. The summed E-state index contributed by atoms with van der Waals surface area (Å²) < 4.78 is 14.0. The van der Waals surface area contributed by atoms with Gasteiger partial charge in [0.25, 0.3) is 0 Å². The first kappa shape index (κ1) is 32.9. The topological polar surface area (TPSA) is 138 Å². The molecular weight excluding hydrogens is 579 g/mol. The first-order valence-corrected chi connectivity index (χ1v) is 16.1. The molecule has 0 aromatic heterocycles. The minimum atomic E-state index is -4.45. The van der Waals surface area contributed by atoms with E-state index < -0.39 is 24.9 Å². The van der Waals surface area contributed by atoms with Gasteiger partial charge in [-0.25, -0.2) is 0 Å².